The first kappa shape index (κ1) is 25.2. The normalized spacial score (nSPS) is 10.9. The molecule has 0 spiro atoms. The van der Waals surface area contributed by atoms with Gasteiger partial charge in [0.2, 0.25) is 0 Å². The van der Waals surface area contributed by atoms with Crippen LogP contribution in [0.5, 0.6) is 0 Å². The zero-order chi connectivity index (χ0) is 28.1. The molecule has 0 N–H and O–H groups in total. The van der Waals surface area contributed by atoms with Crippen molar-refractivity contribution in [2.24, 2.45) is 0 Å². The minimum absolute atomic E-state index is 0.593. The van der Waals surface area contributed by atoms with E-state index in [1.165, 1.54) is 0 Å². The number of hydrogen-bond donors (Lipinski definition) is 0. The van der Waals surface area contributed by atoms with Crippen molar-refractivity contribution in [1.82, 2.24) is 24.9 Å². The summed E-state index contributed by atoms with van der Waals surface area (Å²) in [6.45, 7) is 0. The van der Waals surface area contributed by atoms with Gasteiger partial charge in [0.25, 0.3) is 0 Å². The molecule has 7 rings (SSSR count). The first-order valence-electron chi connectivity index (χ1n) is 13.8. The molecule has 0 saturated carbocycles. The van der Waals surface area contributed by atoms with E-state index in [2.05, 4.69) is 30.3 Å². The molecule has 2 heterocycles. The Balaban J connectivity index is 1.39. The molecule has 0 aliphatic carbocycles. The highest BCUT2D eigenvalue weighted by molar-refractivity contribution is 5.79. The van der Waals surface area contributed by atoms with E-state index in [1.807, 2.05) is 122 Å². The van der Waals surface area contributed by atoms with Crippen LogP contribution in [0.4, 0.5) is 0 Å². The molecule has 2 aromatic heterocycles. The van der Waals surface area contributed by atoms with Crippen LogP contribution in [-0.2, 0) is 0 Å². The first-order valence-corrected chi connectivity index (χ1v) is 13.8. The molecule has 42 heavy (non-hydrogen) atoms. The van der Waals surface area contributed by atoms with Crippen LogP contribution in [-0.4, -0.2) is 24.9 Å². The molecule has 0 aliphatic heterocycles. The third kappa shape index (κ3) is 5.31. The predicted molar refractivity (Wildman–Crippen MR) is 168 cm³/mol. The molecule has 0 amide bonds. The Bertz CT molecular complexity index is 1880. The van der Waals surface area contributed by atoms with E-state index in [9.17, 15) is 0 Å². The van der Waals surface area contributed by atoms with Crippen LogP contribution in [0.3, 0.4) is 0 Å². The maximum atomic E-state index is 4.96. The summed E-state index contributed by atoms with van der Waals surface area (Å²) in [7, 11) is 0. The zero-order valence-corrected chi connectivity index (χ0v) is 22.7. The lowest BCUT2D eigenvalue weighted by molar-refractivity contribution is 1.07. The lowest BCUT2D eigenvalue weighted by Crippen LogP contribution is -2.00. The molecule has 0 unspecified atom stereocenters. The summed E-state index contributed by atoms with van der Waals surface area (Å²) < 4.78 is 0. The SMILES string of the molecule is c1ccc(-c2cc(-c3cnc(-c4ccccc4)cn3)cc(-c3nc(-c4ccccc4)nc(-c4ccccc4)n3)c2)cc1. The molecule has 0 bridgehead atoms. The fourth-order valence-electron chi connectivity index (χ4n) is 4.87. The third-order valence-electron chi connectivity index (χ3n) is 7.01. The molecular weight excluding hydrogens is 514 g/mol. The van der Waals surface area contributed by atoms with Gasteiger partial charge in [0.15, 0.2) is 17.5 Å². The first-order chi connectivity index (χ1) is 20.8. The van der Waals surface area contributed by atoms with Crippen molar-refractivity contribution in [1.29, 1.82) is 0 Å². The van der Waals surface area contributed by atoms with Gasteiger partial charge >= 0.3 is 0 Å². The van der Waals surface area contributed by atoms with Crippen LogP contribution >= 0.6 is 0 Å². The maximum absolute atomic E-state index is 4.96. The van der Waals surface area contributed by atoms with Crippen molar-refractivity contribution in [3.8, 4) is 67.8 Å². The van der Waals surface area contributed by atoms with E-state index in [1.54, 1.807) is 0 Å². The zero-order valence-electron chi connectivity index (χ0n) is 22.7. The average Bonchev–Trinajstić information content (AvgIpc) is 3.09. The summed E-state index contributed by atoms with van der Waals surface area (Å²) in [6.07, 6.45) is 3.65. The van der Waals surface area contributed by atoms with Gasteiger partial charge in [-0.2, -0.15) is 0 Å². The Labute approximate surface area is 244 Å². The van der Waals surface area contributed by atoms with Gasteiger partial charge in [-0.05, 0) is 29.3 Å². The summed E-state index contributed by atoms with van der Waals surface area (Å²) in [5.41, 5.74) is 8.43. The quantitative estimate of drug-likeness (QED) is 0.212. The van der Waals surface area contributed by atoms with Crippen LogP contribution in [0.15, 0.2) is 152 Å². The standard InChI is InChI=1S/C37H25N5/c1-5-13-26(14-6-1)30-21-31(34-25-38-33(24-39-34)27-15-7-2-8-16-27)23-32(22-30)37-41-35(28-17-9-3-10-18-28)40-36(42-37)29-19-11-4-12-20-29/h1-25H. The van der Waals surface area contributed by atoms with Gasteiger partial charge in [-0.25, -0.2) is 15.0 Å². The average molecular weight is 540 g/mol. The van der Waals surface area contributed by atoms with E-state index in [0.29, 0.717) is 17.5 Å². The van der Waals surface area contributed by atoms with E-state index < -0.39 is 0 Å². The Kier molecular flexibility index (Phi) is 6.81. The number of rotatable bonds is 6. The van der Waals surface area contributed by atoms with E-state index in [4.69, 9.17) is 24.9 Å². The van der Waals surface area contributed by atoms with Gasteiger partial charge in [0.05, 0.1) is 23.8 Å². The van der Waals surface area contributed by atoms with Gasteiger partial charge in [-0.3, -0.25) is 9.97 Å². The van der Waals surface area contributed by atoms with E-state index in [-0.39, 0.29) is 0 Å². The van der Waals surface area contributed by atoms with Crippen LogP contribution in [0.1, 0.15) is 0 Å². The van der Waals surface area contributed by atoms with Crippen LogP contribution in [0.25, 0.3) is 67.8 Å². The Morgan fingerprint density at radius 3 is 1.12 bits per heavy atom. The molecule has 0 radical (unpaired) electrons. The fourth-order valence-corrected chi connectivity index (χ4v) is 4.87. The topological polar surface area (TPSA) is 64.5 Å². The number of hydrogen-bond acceptors (Lipinski definition) is 5. The summed E-state index contributed by atoms with van der Waals surface area (Å²) in [5, 5.41) is 0. The summed E-state index contributed by atoms with van der Waals surface area (Å²) in [6, 6.07) is 46.8. The second kappa shape index (κ2) is 11.4. The molecule has 5 aromatic carbocycles. The minimum Gasteiger partial charge on any atom is -0.252 e. The lowest BCUT2D eigenvalue weighted by atomic mass is 9.98. The molecule has 198 valence electrons. The van der Waals surface area contributed by atoms with Gasteiger partial charge in [-0.15, -0.1) is 0 Å². The van der Waals surface area contributed by atoms with Gasteiger partial charge in [0, 0.05) is 27.8 Å². The second-order valence-corrected chi connectivity index (χ2v) is 9.86. The molecule has 0 saturated heterocycles. The maximum Gasteiger partial charge on any atom is 0.164 e. The minimum atomic E-state index is 0.593. The molecule has 0 fully saturated rings. The fraction of sp³-hybridized carbons (Fsp3) is 0. The molecule has 0 atom stereocenters. The lowest BCUT2D eigenvalue weighted by Gasteiger charge is -2.12. The summed E-state index contributed by atoms with van der Waals surface area (Å²) in [5.74, 6) is 1.84. The van der Waals surface area contributed by atoms with Crippen LogP contribution in [0.2, 0.25) is 0 Å². The van der Waals surface area contributed by atoms with Crippen LogP contribution in [0, 0.1) is 0 Å². The largest absolute Gasteiger partial charge is 0.252 e. The summed E-state index contributed by atoms with van der Waals surface area (Å²) >= 11 is 0. The Morgan fingerprint density at radius 1 is 0.286 bits per heavy atom. The molecule has 5 heteroatoms. The second-order valence-electron chi connectivity index (χ2n) is 9.86. The van der Waals surface area contributed by atoms with Crippen molar-refractivity contribution in [3.05, 3.63) is 152 Å². The monoisotopic (exact) mass is 539 g/mol. The Morgan fingerprint density at radius 2 is 0.643 bits per heavy atom. The summed E-state index contributed by atoms with van der Waals surface area (Å²) in [4.78, 5) is 24.3. The molecule has 0 aliphatic rings. The van der Waals surface area contributed by atoms with E-state index >= 15 is 0 Å². The van der Waals surface area contributed by atoms with Crippen molar-refractivity contribution < 1.29 is 0 Å². The van der Waals surface area contributed by atoms with Crippen LogP contribution < -0.4 is 0 Å². The molecule has 7 aromatic rings. The third-order valence-corrected chi connectivity index (χ3v) is 7.01. The van der Waals surface area contributed by atoms with Gasteiger partial charge in [-0.1, -0.05) is 121 Å². The highest BCUT2D eigenvalue weighted by Gasteiger charge is 2.15. The predicted octanol–water partition coefficient (Wildman–Crippen LogP) is 8.66. The van der Waals surface area contributed by atoms with Crippen molar-refractivity contribution >= 4 is 0 Å². The highest BCUT2D eigenvalue weighted by atomic mass is 15.0. The highest BCUT2D eigenvalue weighted by Crippen LogP contribution is 2.33. The smallest absolute Gasteiger partial charge is 0.164 e. The van der Waals surface area contributed by atoms with Crippen molar-refractivity contribution in [2.75, 3.05) is 0 Å². The van der Waals surface area contributed by atoms with Gasteiger partial charge < -0.3 is 0 Å². The molecular formula is C37H25N5. The Hall–Kier alpha value is -5.81. The van der Waals surface area contributed by atoms with Gasteiger partial charge in [0.1, 0.15) is 0 Å². The van der Waals surface area contributed by atoms with E-state index in [0.717, 1.165) is 50.3 Å². The van der Waals surface area contributed by atoms with Crippen molar-refractivity contribution in [2.45, 2.75) is 0 Å². The number of nitrogens with zero attached hydrogens (tertiary/aromatic N) is 5. The number of benzene rings is 5. The molecule has 5 nitrogen and oxygen atoms in total. The van der Waals surface area contributed by atoms with Crippen molar-refractivity contribution in [3.63, 3.8) is 0 Å². The number of aromatic nitrogens is 5.